The monoisotopic (exact) mass is 202 g/mol. The van der Waals surface area contributed by atoms with E-state index < -0.39 is 8.80 Å². The molecule has 0 saturated carbocycles. The van der Waals surface area contributed by atoms with E-state index in [4.69, 9.17) is 13.3 Å². The van der Waals surface area contributed by atoms with Gasteiger partial charge in [-0.2, -0.15) is 0 Å². The van der Waals surface area contributed by atoms with Crippen molar-refractivity contribution in [3.8, 4) is 0 Å². The smallest absolute Gasteiger partial charge is 0.508 e. The Labute approximate surface area is 81.4 Å². The number of hydrogen-bond donors (Lipinski definition) is 0. The van der Waals surface area contributed by atoms with Crippen LogP contribution in [0.5, 0.6) is 0 Å². The first-order chi connectivity index (χ1) is 6.24. The highest BCUT2D eigenvalue weighted by Crippen LogP contribution is 2.16. The molecule has 0 aromatic carbocycles. The van der Waals surface area contributed by atoms with Crippen LogP contribution in [0, 0.1) is 0 Å². The van der Waals surface area contributed by atoms with Crippen LogP contribution in [0.15, 0.2) is 25.5 Å². The van der Waals surface area contributed by atoms with E-state index in [0.717, 1.165) is 0 Å². The average molecular weight is 202 g/mol. The third-order valence-electron chi connectivity index (χ3n) is 1.39. The van der Waals surface area contributed by atoms with Gasteiger partial charge in [0.25, 0.3) is 0 Å². The summed E-state index contributed by atoms with van der Waals surface area (Å²) in [5.74, 6) is 0. The Kier molecular flexibility index (Phi) is 6.57. The number of allylic oxidation sites excluding steroid dienone is 1. The number of rotatable bonds is 8. The summed E-state index contributed by atoms with van der Waals surface area (Å²) in [6.45, 7) is 12.1. The zero-order valence-electron chi connectivity index (χ0n) is 8.41. The molecule has 0 aliphatic rings. The summed E-state index contributed by atoms with van der Waals surface area (Å²) in [4.78, 5) is 0. The van der Waals surface area contributed by atoms with E-state index in [-0.39, 0.29) is 0 Å². The van der Waals surface area contributed by atoms with Crippen molar-refractivity contribution < 1.29 is 13.3 Å². The predicted molar refractivity (Wildman–Crippen MR) is 55.3 cm³/mol. The molecule has 0 bridgehead atoms. The molecule has 0 fully saturated rings. The van der Waals surface area contributed by atoms with Crippen LogP contribution in [0.25, 0.3) is 0 Å². The fourth-order valence-electron chi connectivity index (χ4n) is 1.02. The molecule has 0 aliphatic carbocycles. The highest BCUT2D eigenvalue weighted by Gasteiger charge is 2.40. The molecule has 0 rings (SSSR count). The van der Waals surface area contributed by atoms with E-state index in [1.165, 1.54) is 6.26 Å². The lowest BCUT2D eigenvalue weighted by atomic mass is 10.8. The Morgan fingerprint density at radius 3 is 2.00 bits per heavy atom. The molecule has 0 aliphatic heterocycles. The van der Waals surface area contributed by atoms with E-state index >= 15 is 0 Å². The molecule has 0 radical (unpaired) electrons. The fourth-order valence-corrected chi connectivity index (χ4v) is 3.06. The second kappa shape index (κ2) is 6.88. The molecule has 76 valence electrons. The topological polar surface area (TPSA) is 27.7 Å². The van der Waals surface area contributed by atoms with Crippen LogP contribution >= 0.6 is 0 Å². The molecule has 0 unspecified atom stereocenters. The van der Waals surface area contributed by atoms with Crippen molar-refractivity contribution in [2.24, 2.45) is 0 Å². The molecular formula is C9H18O3Si. The summed E-state index contributed by atoms with van der Waals surface area (Å²) in [5, 5.41) is 0. The van der Waals surface area contributed by atoms with Crippen molar-refractivity contribution in [3.63, 3.8) is 0 Å². The molecule has 0 saturated heterocycles. The molecule has 0 aromatic rings. The predicted octanol–water partition coefficient (Wildman–Crippen LogP) is 2.34. The first-order valence-electron chi connectivity index (χ1n) is 4.42. The van der Waals surface area contributed by atoms with Gasteiger partial charge < -0.3 is 13.3 Å². The Morgan fingerprint density at radius 2 is 1.69 bits per heavy atom. The zero-order valence-corrected chi connectivity index (χ0v) is 9.41. The molecular weight excluding hydrogens is 184 g/mol. The Hall–Kier alpha value is -0.583. The molecule has 0 N–H and O–H groups in total. The summed E-state index contributed by atoms with van der Waals surface area (Å²) in [6, 6.07) is 0.612. The molecule has 0 spiro atoms. The zero-order chi connectivity index (χ0) is 10.2. The van der Waals surface area contributed by atoms with Gasteiger partial charge in [-0.05, 0) is 13.8 Å². The summed E-state index contributed by atoms with van der Waals surface area (Å²) in [7, 11) is -2.53. The first kappa shape index (κ1) is 12.4. The SMILES string of the molecule is C=CC[Si](OC=C)(OCC)OCC. The third kappa shape index (κ3) is 4.26. The van der Waals surface area contributed by atoms with Gasteiger partial charge in [0, 0.05) is 19.3 Å². The van der Waals surface area contributed by atoms with Crippen molar-refractivity contribution in [2.45, 2.75) is 19.9 Å². The standard InChI is InChI=1S/C9H18O3Si/c1-5-9-13(10-6-2,11-7-3)12-8-4/h5-6H,1-2,7-9H2,3-4H3. The molecule has 0 aromatic heterocycles. The number of hydrogen-bond acceptors (Lipinski definition) is 3. The molecule has 3 nitrogen and oxygen atoms in total. The van der Waals surface area contributed by atoms with Crippen LogP contribution in [0.2, 0.25) is 6.04 Å². The van der Waals surface area contributed by atoms with Crippen LogP contribution in [-0.4, -0.2) is 22.0 Å². The minimum atomic E-state index is -2.53. The van der Waals surface area contributed by atoms with E-state index in [1.807, 2.05) is 13.8 Å². The Bertz CT molecular complexity index is 141. The van der Waals surface area contributed by atoms with E-state index in [2.05, 4.69) is 13.2 Å². The van der Waals surface area contributed by atoms with Crippen LogP contribution < -0.4 is 0 Å². The van der Waals surface area contributed by atoms with Crippen molar-refractivity contribution >= 4 is 8.80 Å². The summed E-state index contributed by atoms with van der Waals surface area (Å²) < 4.78 is 16.3. The highest BCUT2D eigenvalue weighted by atomic mass is 28.4. The molecule has 4 heteroatoms. The largest absolute Gasteiger partial charge is 0.569 e. The summed E-state index contributed by atoms with van der Waals surface area (Å²) in [5.41, 5.74) is 0. The lowest BCUT2D eigenvalue weighted by molar-refractivity contribution is 0.104. The van der Waals surface area contributed by atoms with E-state index in [1.54, 1.807) is 6.08 Å². The van der Waals surface area contributed by atoms with Crippen LogP contribution in [0.3, 0.4) is 0 Å². The lowest BCUT2D eigenvalue weighted by Gasteiger charge is -2.26. The maximum Gasteiger partial charge on any atom is 0.569 e. The van der Waals surface area contributed by atoms with Gasteiger partial charge in [0.15, 0.2) is 0 Å². The van der Waals surface area contributed by atoms with Crippen LogP contribution in [-0.2, 0) is 13.3 Å². The van der Waals surface area contributed by atoms with Gasteiger partial charge in [0.05, 0.1) is 6.26 Å². The molecule has 0 heterocycles. The summed E-state index contributed by atoms with van der Waals surface area (Å²) >= 11 is 0. The van der Waals surface area contributed by atoms with Gasteiger partial charge in [0.2, 0.25) is 0 Å². The van der Waals surface area contributed by atoms with Gasteiger partial charge in [-0.15, -0.1) is 6.58 Å². The molecule has 0 amide bonds. The Morgan fingerprint density at radius 1 is 1.15 bits per heavy atom. The van der Waals surface area contributed by atoms with Crippen LogP contribution in [0.4, 0.5) is 0 Å². The van der Waals surface area contributed by atoms with Gasteiger partial charge in [0.1, 0.15) is 0 Å². The van der Waals surface area contributed by atoms with Crippen molar-refractivity contribution in [1.29, 1.82) is 0 Å². The van der Waals surface area contributed by atoms with Gasteiger partial charge in [-0.3, -0.25) is 0 Å². The first-order valence-corrected chi connectivity index (χ1v) is 6.35. The quantitative estimate of drug-likeness (QED) is 0.343. The minimum absolute atomic E-state index is 0.577. The van der Waals surface area contributed by atoms with Crippen molar-refractivity contribution in [2.75, 3.05) is 13.2 Å². The van der Waals surface area contributed by atoms with Crippen molar-refractivity contribution in [1.82, 2.24) is 0 Å². The molecule has 13 heavy (non-hydrogen) atoms. The van der Waals surface area contributed by atoms with Crippen LogP contribution in [0.1, 0.15) is 13.8 Å². The maximum atomic E-state index is 5.50. The highest BCUT2D eigenvalue weighted by molar-refractivity contribution is 6.61. The van der Waals surface area contributed by atoms with E-state index in [0.29, 0.717) is 19.3 Å². The van der Waals surface area contributed by atoms with Gasteiger partial charge in [-0.25, -0.2) is 0 Å². The second-order valence-electron chi connectivity index (χ2n) is 2.33. The third-order valence-corrected chi connectivity index (χ3v) is 4.16. The fraction of sp³-hybridized carbons (Fsp3) is 0.556. The minimum Gasteiger partial charge on any atom is -0.508 e. The maximum absolute atomic E-state index is 5.50. The van der Waals surface area contributed by atoms with Gasteiger partial charge >= 0.3 is 8.80 Å². The van der Waals surface area contributed by atoms with Crippen molar-refractivity contribution in [3.05, 3.63) is 25.5 Å². The summed E-state index contributed by atoms with van der Waals surface area (Å²) in [6.07, 6.45) is 3.13. The average Bonchev–Trinajstić information content (AvgIpc) is 2.06. The molecule has 0 atom stereocenters. The lowest BCUT2D eigenvalue weighted by Crippen LogP contribution is -2.43. The van der Waals surface area contributed by atoms with Gasteiger partial charge in [-0.1, -0.05) is 12.7 Å². The Balaban J connectivity index is 4.35. The second-order valence-corrected chi connectivity index (χ2v) is 4.91. The van der Waals surface area contributed by atoms with E-state index in [9.17, 15) is 0 Å². The normalized spacial score (nSPS) is 10.9.